The van der Waals surface area contributed by atoms with Crippen molar-refractivity contribution < 1.29 is 0 Å². The Kier molecular flexibility index (Phi) is 3.85. The summed E-state index contributed by atoms with van der Waals surface area (Å²) in [7, 11) is 0. The SMILES string of the molecule is Cc1cc2c(N3CCN(c4cc(Cl)nc(N)n4)CC3)ncnc2s1. The van der Waals surface area contributed by atoms with Gasteiger partial charge in [-0.25, -0.2) is 15.0 Å². The van der Waals surface area contributed by atoms with Crippen LogP contribution in [0.25, 0.3) is 10.2 Å². The summed E-state index contributed by atoms with van der Waals surface area (Å²) in [6, 6.07) is 3.91. The molecule has 124 valence electrons. The van der Waals surface area contributed by atoms with Gasteiger partial charge in [0.25, 0.3) is 0 Å². The lowest BCUT2D eigenvalue weighted by atomic mass is 10.2. The Bertz CT molecular complexity index is 868. The molecule has 1 aliphatic rings. The van der Waals surface area contributed by atoms with Crippen LogP contribution in [0.3, 0.4) is 0 Å². The molecule has 0 amide bonds. The molecule has 0 saturated carbocycles. The molecule has 3 aromatic rings. The molecular weight excluding hydrogens is 346 g/mol. The predicted octanol–water partition coefficient (Wildman–Crippen LogP) is 2.35. The van der Waals surface area contributed by atoms with Gasteiger partial charge in [-0.05, 0) is 13.0 Å². The van der Waals surface area contributed by atoms with E-state index in [1.165, 1.54) is 4.88 Å². The van der Waals surface area contributed by atoms with Gasteiger partial charge >= 0.3 is 0 Å². The molecule has 1 aliphatic heterocycles. The molecule has 0 aliphatic carbocycles. The van der Waals surface area contributed by atoms with E-state index in [1.807, 2.05) is 0 Å². The standard InChI is InChI=1S/C15H16ClN7S/c1-9-6-10-13(18-8-19-14(10)24-9)23-4-2-22(3-5-23)12-7-11(16)20-15(17)21-12/h6-8H,2-5H2,1H3,(H2,17,20,21). The van der Waals surface area contributed by atoms with E-state index in [4.69, 9.17) is 17.3 Å². The zero-order valence-corrected chi connectivity index (χ0v) is 14.7. The zero-order valence-electron chi connectivity index (χ0n) is 13.1. The molecule has 7 nitrogen and oxygen atoms in total. The number of nitrogen functional groups attached to an aromatic ring is 1. The van der Waals surface area contributed by atoms with Gasteiger partial charge in [-0.2, -0.15) is 4.98 Å². The number of hydrogen-bond donors (Lipinski definition) is 1. The highest BCUT2D eigenvalue weighted by Gasteiger charge is 2.22. The summed E-state index contributed by atoms with van der Waals surface area (Å²) in [6.07, 6.45) is 1.64. The van der Waals surface area contributed by atoms with Crippen LogP contribution in [0.15, 0.2) is 18.5 Å². The molecule has 24 heavy (non-hydrogen) atoms. The Hall–Kier alpha value is -2.19. The first-order valence-electron chi connectivity index (χ1n) is 7.61. The van der Waals surface area contributed by atoms with Gasteiger partial charge in [0.2, 0.25) is 5.95 Å². The Balaban J connectivity index is 1.55. The summed E-state index contributed by atoms with van der Waals surface area (Å²) in [5, 5.41) is 1.49. The third-order valence-corrected chi connectivity index (χ3v) is 5.19. The normalized spacial score (nSPS) is 15.2. The summed E-state index contributed by atoms with van der Waals surface area (Å²) in [5.74, 6) is 1.97. The van der Waals surface area contributed by atoms with Crippen LogP contribution in [0, 0.1) is 6.92 Å². The number of nitrogens with zero attached hydrogens (tertiary/aromatic N) is 6. The van der Waals surface area contributed by atoms with Gasteiger partial charge in [0, 0.05) is 37.1 Å². The highest BCUT2D eigenvalue weighted by atomic mass is 35.5. The van der Waals surface area contributed by atoms with Crippen molar-refractivity contribution >= 4 is 50.7 Å². The van der Waals surface area contributed by atoms with Crippen LogP contribution < -0.4 is 15.5 Å². The molecule has 1 fully saturated rings. The molecule has 0 aromatic carbocycles. The summed E-state index contributed by atoms with van der Waals surface area (Å²) in [4.78, 5) is 23.8. The molecule has 0 spiro atoms. The molecule has 9 heteroatoms. The van der Waals surface area contributed by atoms with Crippen molar-refractivity contribution in [2.75, 3.05) is 41.7 Å². The Labute approximate surface area is 148 Å². The zero-order chi connectivity index (χ0) is 16.7. The van der Waals surface area contributed by atoms with Gasteiger partial charge in [0.05, 0.1) is 5.39 Å². The second-order valence-corrected chi connectivity index (χ2v) is 7.28. The first-order valence-corrected chi connectivity index (χ1v) is 8.81. The number of rotatable bonds is 2. The maximum absolute atomic E-state index is 5.98. The quantitative estimate of drug-likeness (QED) is 0.701. The van der Waals surface area contributed by atoms with Crippen LogP contribution in [0.1, 0.15) is 4.88 Å². The average molecular weight is 362 g/mol. The molecule has 0 unspecified atom stereocenters. The van der Waals surface area contributed by atoms with Crippen molar-refractivity contribution in [3.63, 3.8) is 0 Å². The highest BCUT2D eigenvalue weighted by Crippen LogP contribution is 2.30. The number of thiophene rings is 1. The van der Waals surface area contributed by atoms with Gasteiger partial charge in [-0.3, -0.25) is 0 Å². The molecule has 0 atom stereocenters. The lowest BCUT2D eigenvalue weighted by molar-refractivity contribution is 0.643. The van der Waals surface area contributed by atoms with Crippen molar-refractivity contribution in [3.05, 3.63) is 28.5 Å². The summed E-state index contributed by atoms with van der Waals surface area (Å²) < 4.78 is 0. The first kappa shape index (κ1) is 15.3. The molecule has 0 radical (unpaired) electrons. The highest BCUT2D eigenvalue weighted by molar-refractivity contribution is 7.18. The number of hydrogen-bond acceptors (Lipinski definition) is 8. The van der Waals surface area contributed by atoms with Crippen molar-refractivity contribution in [1.82, 2.24) is 19.9 Å². The van der Waals surface area contributed by atoms with Gasteiger partial charge in [-0.15, -0.1) is 11.3 Å². The molecule has 2 N–H and O–H groups in total. The van der Waals surface area contributed by atoms with E-state index in [2.05, 4.69) is 42.7 Å². The minimum atomic E-state index is 0.200. The van der Waals surface area contributed by atoms with Crippen molar-refractivity contribution in [2.24, 2.45) is 0 Å². The fraction of sp³-hybridized carbons (Fsp3) is 0.333. The molecular formula is C15H16ClN7S. The van der Waals surface area contributed by atoms with E-state index in [-0.39, 0.29) is 5.95 Å². The third kappa shape index (κ3) is 2.83. The lowest BCUT2D eigenvalue weighted by Crippen LogP contribution is -2.47. The number of aryl methyl sites for hydroxylation is 1. The molecule has 4 heterocycles. The van der Waals surface area contributed by atoms with E-state index < -0.39 is 0 Å². The largest absolute Gasteiger partial charge is 0.368 e. The van der Waals surface area contributed by atoms with Crippen LogP contribution in [0.2, 0.25) is 5.15 Å². The van der Waals surface area contributed by atoms with E-state index >= 15 is 0 Å². The smallest absolute Gasteiger partial charge is 0.223 e. The summed E-state index contributed by atoms with van der Waals surface area (Å²) in [6.45, 7) is 5.44. The number of anilines is 3. The maximum atomic E-state index is 5.98. The van der Waals surface area contributed by atoms with E-state index in [0.717, 1.165) is 48.0 Å². The Morgan fingerprint density at radius 2 is 1.83 bits per heavy atom. The monoisotopic (exact) mass is 361 g/mol. The van der Waals surface area contributed by atoms with Crippen LogP contribution in [0.4, 0.5) is 17.6 Å². The van der Waals surface area contributed by atoms with E-state index in [0.29, 0.717) is 5.15 Å². The fourth-order valence-electron chi connectivity index (χ4n) is 2.95. The average Bonchev–Trinajstić information content (AvgIpc) is 2.94. The van der Waals surface area contributed by atoms with Crippen molar-refractivity contribution in [2.45, 2.75) is 6.92 Å². The number of aromatic nitrogens is 4. The van der Waals surface area contributed by atoms with Crippen molar-refractivity contribution in [1.29, 1.82) is 0 Å². The Morgan fingerprint density at radius 3 is 2.58 bits per heavy atom. The van der Waals surface area contributed by atoms with Crippen LogP contribution in [-0.4, -0.2) is 46.1 Å². The second-order valence-electron chi connectivity index (χ2n) is 5.65. The van der Waals surface area contributed by atoms with Crippen LogP contribution >= 0.6 is 22.9 Å². The molecule has 3 aromatic heterocycles. The number of piperazine rings is 1. The third-order valence-electron chi connectivity index (χ3n) is 4.03. The summed E-state index contributed by atoms with van der Waals surface area (Å²) in [5.41, 5.74) is 5.69. The fourth-order valence-corrected chi connectivity index (χ4v) is 3.97. The van der Waals surface area contributed by atoms with Crippen LogP contribution in [-0.2, 0) is 0 Å². The number of nitrogens with two attached hydrogens (primary N) is 1. The second kappa shape index (κ2) is 6.03. The van der Waals surface area contributed by atoms with Crippen LogP contribution in [0.5, 0.6) is 0 Å². The van der Waals surface area contributed by atoms with E-state index in [1.54, 1.807) is 23.7 Å². The lowest BCUT2D eigenvalue weighted by Gasteiger charge is -2.36. The van der Waals surface area contributed by atoms with Crippen molar-refractivity contribution in [3.8, 4) is 0 Å². The van der Waals surface area contributed by atoms with Gasteiger partial charge in [0.15, 0.2) is 0 Å². The van der Waals surface area contributed by atoms with Gasteiger partial charge in [-0.1, -0.05) is 11.6 Å². The van der Waals surface area contributed by atoms with Gasteiger partial charge < -0.3 is 15.5 Å². The minimum absolute atomic E-state index is 0.200. The Morgan fingerprint density at radius 1 is 1.08 bits per heavy atom. The topological polar surface area (TPSA) is 84.1 Å². The number of halogens is 1. The maximum Gasteiger partial charge on any atom is 0.223 e. The number of fused-ring (bicyclic) bond motifs is 1. The molecule has 4 rings (SSSR count). The predicted molar refractivity (Wildman–Crippen MR) is 98.0 cm³/mol. The van der Waals surface area contributed by atoms with E-state index in [9.17, 15) is 0 Å². The van der Waals surface area contributed by atoms with Gasteiger partial charge in [0.1, 0.15) is 27.9 Å². The molecule has 1 saturated heterocycles. The minimum Gasteiger partial charge on any atom is -0.368 e. The summed E-state index contributed by atoms with van der Waals surface area (Å²) >= 11 is 7.67. The molecule has 0 bridgehead atoms. The first-order chi connectivity index (χ1) is 11.6.